The molecule has 6 heteroatoms. The minimum Gasteiger partial charge on any atom is -0.458 e. The highest BCUT2D eigenvalue weighted by Crippen LogP contribution is 2.45. The standard InChI is InChI=1S/C24H22BrNO4/c1-14-4-5-15(2)17(10-14)13-26-20-8-7-18(25)11-19(20)24(29,23(26)28)12-21(27)22-9-6-16(3)30-22/h4-11,29H,12-13H2,1-3H3. The molecule has 2 aromatic carbocycles. The van der Waals surface area contributed by atoms with E-state index in [4.69, 9.17) is 4.42 Å². The van der Waals surface area contributed by atoms with Crippen LogP contribution in [0.4, 0.5) is 5.69 Å². The van der Waals surface area contributed by atoms with Crippen molar-refractivity contribution in [1.82, 2.24) is 0 Å². The van der Waals surface area contributed by atoms with Gasteiger partial charge in [0.1, 0.15) is 5.76 Å². The number of furan rings is 1. The van der Waals surface area contributed by atoms with Gasteiger partial charge in [-0.15, -0.1) is 0 Å². The first-order valence-electron chi connectivity index (χ1n) is 9.69. The molecule has 1 atom stereocenters. The van der Waals surface area contributed by atoms with Gasteiger partial charge in [0.25, 0.3) is 5.91 Å². The molecule has 0 saturated carbocycles. The molecule has 0 fully saturated rings. The highest BCUT2D eigenvalue weighted by molar-refractivity contribution is 9.10. The number of carbonyl (C=O) groups is 2. The highest BCUT2D eigenvalue weighted by atomic mass is 79.9. The summed E-state index contributed by atoms with van der Waals surface area (Å²) in [5, 5.41) is 11.5. The van der Waals surface area contributed by atoms with Crippen molar-refractivity contribution in [1.29, 1.82) is 0 Å². The predicted molar refractivity (Wildman–Crippen MR) is 118 cm³/mol. The summed E-state index contributed by atoms with van der Waals surface area (Å²) in [7, 11) is 0. The Hall–Kier alpha value is -2.70. The fraction of sp³-hybridized carbons (Fsp3) is 0.250. The average molecular weight is 468 g/mol. The number of aliphatic hydroxyl groups is 1. The summed E-state index contributed by atoms with van der Waals surface area (Å²) in [4.78, 5) is 27.8. The van der Waals surface area contributed by atoms with Gasteiger partial charge in [-0.3, -0.25) is 9.59 Å². The van der Waals surface area contributed by atoms with Gasteiger partial charge in [-0.2, -0.15) is 0 Å². The molecule has 0 bridgehead atoms. The zero-order valence-corrected chi connectivity index (χ0v) is 18.6. The van der Waals surface area contributed by atoms with E-state index in [0.717, 1.165) is 21.2 Å². The van der Waals surface area contributed by atoms with Crippen molar-refractivity contribution in [2.75, 3.05) is 4.90 Å². The molecule has 5 nitrogen and oxygen atoms in total. The van der Waals surface area contributed by atoms with Gasteiger partial charge in [-0.1, -0.05) is 39.7 Å². The van der Waals surface area contributed by atoms with Gasteiger partial charge in [-0.25, -0.2) is 0 Å². The maximum absolute atomic E-state index is 13.4. The lowest BCUT2D eigenvalue weighted by Crippen LogP contribution is -2.41. The first-order valence-corrected chi connectivity index (χ1v) is 10.5. The normalized spacial score (nSPS) is 18.0. The Kier molecular flexibility index (Phi) is 5.16. The number of anilines is 1. The van der Waals surface area contributed by atoms with Crippen LogP contribution < -0.4 is 4.90 Å². The lowest BCUT2D eigenvalue weighted by Gasteiger charge is -2.23. The third-order valence-corrected chi connectivity index (χ3v) is 6.05. The van der Waals surface area contributed by atoms with E-state index in [0.29, 0.717) is 23.6 Å². The molecule has 1 aromatic heterocycles. The van der Waals surface area contributed by atoms with Gasteiger partial charge >= 0.3 is 0 Å². The smallest absolute Gasteiger partial charge is 0.264 e. The maximum atomic E-state index is 13.4. The van der Waals surface area contributed by atoms with Crippen molar-refractivity contribution < 1.29 is 19.1 Å². The van der Waals surface area contributed by atoms with E-state index in [1.807, 2.05) is 38.1 Å². The van der Waals surface area contributed by atoms with Crippen LogP contribution in [0, 0.1) is 20.8 Å². The summed E-state index contributed by atoms with van der Waals surface area (Å²) in [5.74, 6) is -0.187. The molecular weight excluding hydrogens is 446 g/mol. The summed E-state index contributed by atoms with van der Waals surface area (Å²) < 4.78 is 6.13. The molecular formula is C24H22BrNO4. The first kappa shape index (κ1) is 20.6. The number of aryl methyl sites for hydroxylation is 3. The van der Waals surface area contributed by atoms with Gasteiger partial charge < -0.3 is 14.4 Å². The van der Waals surface area contributed by atoms with Crippen LogP contribution >= 0.6 is 15.9 Å². The molecule has 2 heterocycles. The van der Waals surface area contributed by atoms with Crippen molar-refractivity contribution in [2.24, 2.45) is 0 Å². The molecule has 154 valence electrons. The van der Waals surface area contributed by atoms with Crippen LogP contribution in [-0.2, 0) is 16.9 Å². The molecule has 30 heavy (non-hydrogen) atoms. The third-order valence-electron chi connectivity index (χ3n) is 5.56. The van der Waals surface area contributed by atoms with Crippen LogP contribution in [0.3, 0.4) is 0 Å². The lowest BCUT2D eigenvalue weighted by atomic mass is 9.89. The predicted octanol–water partition coefficient (Wildman–Crippen LogP) is 4.97. The fourth-order valence-corrected chi connectivity index (χ4v) is 4.26. The molecule has 0 aliphatic carbocycles. The zero-order chi connectivity index (χ0) is 21.6. The topological polar surface area (TPSA) is 70.8 Å². The second-order valence-corrected chi connectivity index (χ2v) is 8.77. The molecule has 1 unspecified atom stereocenters. The van der Waals surface area contributed by atoms with Gasteiger partial charge in [0.15, 0.2) is 11.4 Å². The van der Waals surface area contributed by atoms with E-state index >= 15 is 0 Å². The Bertz CT molecular complexity index is 1170. The van der Waals surface area contributed by atoms with Crippen molar-refractivity contribution in [3.8, 4) is 0 Å². The van der Waals surface area contributed by atoms with Crippen LogP contribution in [-0.4, -0.2) is 16.8 Å². The van der Waals surface area contributed by atoms with E-state index in [9.17, 15) is 14.7 Å². The molecule has 0 radical (unpaired) electrons. The van der Waals surface area contributed by atoms with Crippen LogP contribution in [0.5, 0.6) is 0 Å². The molecule has 1 amide bonds. The van der Waals surface area contributed by atoms with Crippen molar-refractivity contribution in [3.05, 3.63) is 86.8 Å². The molecule has 1 aliphatic heterocycles. The highest BCUT2D eigenvalue weighted by Gasteiger charge is 2.51. The lowest BCUT2D eigenvalue weighted by molar-refractivity contribution is -0.136. The van der Waals surface area contributed by atoms with Crippen LogP contribution in [0.15, 0.2) is 57.4 Å². The zero-order valence-electron chi connectivity index (χ0n) is 17.0. The largest absolute Gasteiger partial charge is 0.458 e. The molecule has 1 aliphatic rings. The number of carbonyl (C=O) groups excluding carboxylic acids is 2. The fourth-order valence-electron chi connectivity index (χ4n) is 3.90. The maximum Gasteiger partial charge on any atom is 0.264 e. The molecule has 0 saturated heterocycles. The Morgan fingerprint density at radius 2 is 1.87 bits per heavy atom. The second-order valence-electron chi connectivity index (χ2n) is 7.85. The summed E-state index contributed by atoms with van der Waals surface area (Å²) in [6.07, 6.45) is -0.383. The summed E-state index contributed by atoms with van der Waals surface area (Å²) in [5.41, 5.74) is 2.23. The monoisotopic (exact) mass is 467 g/mol. The quantitative estimate of drug-likeness (QED) is 0.537. The van der Waals surface area contributed by atoms with E-state index in [1.165, 1.54) is 0 Å². The van der Waals surface area contributed by atoms with Gasteiger partial charge in [0.05, 0.1) is 18.7 Å². The van der Waals surface area contributed by atoms with E-state index in [-0.39, 0.29) is 12.2 Å². The van der Waals surface area contributed by atoms with Crippen molar-refractivity contribution in [2.45, 2.75) is 39.3 Å². The number of halogens is 1. The summed E-state index contributed by atoms with van der Waals surface area (Å²) in [6.45, 7) is 6.05. The van der Waals surface area contributed by atoms with E-state index in [1.54, 1.807) is 36.1 Å². The van der Waals surface area contributed by atoms with Crippen molar-refractivity contribution in [3.63, 3.8) is 0 Å². The van der Waals surface area contributed by atoms with Gasteiger partial charge in [-0.05, 0) is 62.2 Å². The van der Waals surface area contributed by atoms with Crippen LogP contribution in [0.2, 0.25) is 0 Å². The number of fused-ring (bicyclic) bond motifs is 1. The number of hydrogen-bond acceptors (Lipinski definition) is 4. The number of benzene rings is 2. The number of rotatable bonds is 5. The molecule has 3 aromatic rings. The molecule has 1 N–H and O–H groups in total. The Balaban J connectivity index is 1.74. The summed E-state index contributed by atoms with van der Waals surface area (Å²) >= 11 is 3.41. The molecule has 0 spiro atoms. The van der Waals surface area contributed by atoms with E-state index < -0.39 is 17.3 Å². The van der Waals surface area contributed by atoms with E-state index in [2.05, 4.69) is 15.9 Å². The minimum atomic E-state index is -1.95. The van der Waals surface area contributed by atoms with Gasteiger partial charge in [0, 0.05) is 10.0 Å². The Morgan fingerprint density at radius 1 is 1.10 bits per heavy atom. The minimum absolute atomic E-state index is 0.137. The Morgan fingerprint density at radius 3 is 2.57 bits per heavy atom. The molecule has 4 rings (SSSR count). The number of ketones is 1. The first-order chi connectivity index (χ1) is 14.2. The Labute approximate surface area is 183 Å². The second kappa shape index (κ2) is 7.52. The SMILES string of the molecule is Cc1ccc(C)c(CN2C(=O)C(O)(CC(=O)c3ccc(C)o3)c3cc(Br)ccc32)c1. The van der Waals surface area contributed by atoms with Crippen LogP contribution in [0.25, 0.3) is 0 Å². The average Bonchev–Trinajstić information content (AvgIpc) is 3.21. The number of Topliss-reactive ketones (excluding diaryl/α,β-unsaturated/α-hetero) is 1. The third kappa shape index (κ3) is 3.50. The number of amides is 1. The summed E-state index contributed by atoms with van der Waals surface area (Å²) in [6, 6.07) is 14.7. The number of nitrogens with zero attached hydrogens (tertiary/aromatic N) is 1. The van der Waals surface area contributed by atoms with Gasteiger partial charge in [0.2, 0.25) is 5.78 Å². The van der Waals surface area contributed by atoms with Crippen molar-refractivity contribution >= 4 is 33.3 Å². The van der Waals surface area contributed by atoms with Crippen LogP contribution in [0.1, 0.15) is 45.0 Å². The number of hydrogen-bond donors (Lipinski definition) is 1.